The highest BCUT2D eigenvalue weighted by Gasteiger charge is 2.28. The lowest BCUT2D eigenvalue weighted by atomic mass is 10.1. The van der Waals surface area contributed by atoms with Crippen molar-refractivity contribution in [1.29, 1.82) is 0 Å². The molecule has 1 aromatic heterocycles. The number of carbonyl (C=O) groups is 2. The first-order valence-corrected chi connectivity index (χ1v) is 10.6. The van der Waals surface area contributed by atoms with Gasteiger partial charge in [-0.15, -0.1) is 0 Å². The average Bonchev–Trinajstić information content (AvgIpc) is 3.49. The van der Waals surface area contributed by atoms with Crippen molar-refractivity contribution in [2.24, 2.45) is 16.6 Å². The quantitative estimate of drug-likeness (QED) is 0.330. The van der Waals surface area contributed by atoms with E-state index in [1.54, 1.807) is 36.1 Å². The van der Waals surface area contributed by atoms with Crippen molar-refractivity contribution in [3.05, 3.63) is 84.2 Å². The van der Waals surface area contributed by atoms with E-state index in [1.807, 2.05) is 24.3 Å². The normalized spacial score (nSPS) is 16.8. The van der Waals surface area contributed by atoms with Crippen LogP contribution in [0.4, 0.5) is 0 Å². The minimum atomic E-state index is -0.215. The largest absolute Gasteiger partial charge is 0.437 e. The number of aromatic nitrogens is 2. The Labute approximate surface area is 191 Å². The van der Waals surface area contributed by atoms with Gasteiger partial charge in [-0.1, -0.05) is 24.8 Å². The smallest absolute Gasteiger partial charge is 0.238 e. The summed E-state index contributed by atoms with van der Waals surface area (Å²) in [5, 5.41) is 0. The van der Waals surface area contributed by atoms with E-state index in [1.165, 1.54) is 12.3 Å². The van der Waals surface area contributed by atoms with E-state index < -0.39 is 0 Å². The Morgan fingerprint density at radius 3 is 2.67 bits per heavy atom. The van der Waals surface area contributed by atoms with Gasteiger partial charge < -0.3 is 20.4 Å². The molecule has 0 bridgehead atoms. The lowest BCUT2D eigenvalue weighted by molar-refractivity contribution is -0.127. The average molecular weight is 444 g/mol. The van der Waals surface area contributed by atoms with Crippen LogP contribution in [-0.4, -0.2) is 45.9 Å². The van der Waals surface area contributed by atoms with Crippen LogP contribution in [0.1, 0.15) is 29.5 Å². The first-order valence-electron chi connectivity index (χ1n) is 10.6. The third kappa shape index (κ3) is 4.85. The number of amides is 1. The van der Waals surface area contributed by atoms with Crippen LogP contribution < -0.4 is 10.5 Å². The summed E-state index contributed by atoms with van der Waals surface area (Å²) in [5.41, 5.74) is 8.86. The molecule has 1 aliphatic rings. The van der Waals surface area contributed by atoms with E-state index in [-0.39, 0.29) is 29.3 Å². The van der Waals surface area contributed by atoms with Gasteiger partial charge in [0, 0.05) is 37.7 Å². The number of aliphatic imine (C=N–C) groups is 1. The lowest BCUT2D eigenvalue weighted by Gasteiger charge is -2.16. The van der Waals surface area contributed by atoms with E-state index in [2.05, 4.69) is 21.5 Å². The Kier molecular flexibility index (Phi) is 6.35. The second kappa shape index (κ2) is 9.52. The highest BCUT2D eigenvalue weighted by Crippen LogP contribution is 2.26. The zero-order valence-corrected chi connectivity index (χ0v) is 18.3. The second-order valence-electron chi connectivity index (χ2n) is 7.78. The van der Waals surface area contributed by atoms with Gasteiger partial charge in [0.05, 0.1) is 16.7 Å². The van der Waals surface area contributed by atoms with Crippen molar-refractivity contribution in [1.82, 2.24) is 14.9 Å². The fourth-order valence-corrected chi connectivity index (χ4v) is 3.74. The number of aromatic amines is 1. The van der Waals surface area contributed by atoms with Crippen LogP contribution in [0.25, 0.3) is 11.0 Å². The van der Waals surface area contributed by atoms with Crippen LogP contribution in [0.2, 0.25) is 0 Å². The maximum Gasteiger partial charge on any atom is 0.238 e. The summed E-state index contributed by atoms with van der Waals surface area (Å²) < 4.78 is 5.95. The molecule has 1 aliphatic heterocycles. The number of ketones is 1. The molecule has 0 saturated carbocycles. The third-order valence-corrected chi connectivity index (χ3v) is 5.55. The molecule has 2 heterocycles. The van der Waals surface area contributed by atoms with E-state index >= 15 is 0 Å². The summed E-state index contributed by atoms with van der Waals surface area (Å²) in [6, 6.07) is 14.2. The van der Waals surface area contributed by atoms with E-state index in [9.17, 15) is 9.59 Å². The Morgan fingerprint density at radius 2 is 2.00 bits per heavy atom. The fourth-order valence-electron chi connectivity index (χ4n) is 3.74. The van der Waals surface area contributed by atoms with Crippen molar-refractivity contribution in [3.63, 3.8) is 0 Å². The molecule has 8 heteroatoms. The SMILES string of the molecule is C=C/C=N\C(Oc1ccc(C(=O)c2nc3ccccc3[nH]2)cc1)=C(/N)[C@H]1CCN(C(C)=O)C1. The highest BCUT2D eigenvalue weighted by atomic mass is 16.5. The molecule has 1 atom stereocenters. The number of nitrogens with two attached hydrogens (primary N) is 1. The van der Waals surface area contributed by atoms with Crippen LogP contribution >= 0.6 is 0 Å². The number of benzene rings is 2. The Morgan fingerprint density at radius 1 is 1.24 bits per heavy atom. The van der Waals surface area contributed by atoms with Gasteiger partial charge in [-0.25, -0.2) is 9.98 Å². The van der Waals surface area contributed by atoms with Crippen molar-refractivity contribution in [3.8, 4) is 5.75 Å². The number of fused-ring (bicyclic) bond motifs is 1. The first kappa shape index (κ1) is 22.0. The molecule has 8 nitrogen and oxygen atoms in total. The number of allylic oxidation sites excluding steroid dienone is 1. The number of H-pyrrole nitrogens is 1. The predicted molar refractivity (Wildman–Crippen MR) is 127 cm³/mol. The van der Waals surface area contributed by atoms with E-state index in [0.29, 0.717) is 30.1 Å². The number of hydrogen-bond donors (Lipinski definition) is 2. The summed E-state index contributed by atoms with van der Waals surface area (Å²) in [7, 11) is 0. The number of nitrogens with zero attached hydrogens (tertiary/aromatic N) is 3. The molecule has 1 amide bonds. The molecule has 33 heavy (non-hydrogen) atoms. The number of carbonyl (C=O) groups excluding carboxylic acids is 2. The van der Waals surface area contributed by atoms with Gasteiger partial charge in [0.15, 0.2) is 5.82 Å². The molecule has 2 aromatic carbocycles. The summed E-state index contributed by atoms with van der Waals surface area (Å²) >= 11 is 0. The van der Waals surface area contributed by atoms with Crippen molar-refractivity contribution in [2.45, 2.75) is 13.3 Å². The Hall–Kier alpha value is -4.20. The van der Waals surface area contributed by atoms with Gasteiger partial charge in [-0.05, 0) is 42.8 Å². The molecule has 3 aromatic rings. The maximum atomic E-state index is 12.8. The molecule has 0 radical (unpaired) electrons. The molecule has 4 rings (SSSR count). The van der Waals surface area contributed by atoms with Gasteiger partial charge in [0.1, 0.15) is 5.75 Å². The molecular formula is C25H25N5O3. The summed E-state index contributed by atoms with van der Waals surface area (Å²) in [4.78, 5) is 37.9. The van der Waals surface area contributed by atoms with Gasteiger partial charge in [-0.3, -0.25) is 9.59 Å². The van der Waals surface area contributed by atoms with Crippen molar-refractivity contribution in [2.75, 3.05) is 13.1 Å². The van der Waals surface area contributed by atoms with Crippen molar-refractivity contribution >= 4 is 28.9 Å². The van der Waals surface area contributed by atoms with Gasteiger partial charge in [0.25, 0.3) is 0 Å². The van der Waals surface area contributed by atoms with Gasteiger partial charge in [0.2, 0.25) is 17.6 Å². The minimum absolute atomic E-state index is 0.0204. The summed E-state index contributed by atoms with van der Waals surface area (Å²) in [6.07, 6.45) is 3.77. The molecule has 1 saturated heterocycles. The summed E-state index contributed by atoms with van der Waals surface area (Å²) in [6.45, 7) is 6.37. The topological polar surface area (TPSA) is 114 Å². The number of para-hydroxylation sites is 2. The zero-order chi connectivity index (χ0) is 23.4. The second-order valence-corrected chi connectivity index (χ2v) is 7.78. The molecule has 0 spiro atoms. The van der Waals surface area contributed by atoms with E-state index in [0.717, 1.165) is 17.5 Å². The van der Waals surface area contributed by atoms with Crippen molar-refractivity contribution < 1.29 is 14.3 Å². The minimum Gasteiger partial charge on any atom is -0.437 e. The zero-order valence-electron chi connectivity index (χ0n) is 18.3. The number of nitrogens with one attached hydrogen (secondary N) is 1. The number of rotatable bonds is 7. The maximum absolute atomic E-state index is 12.8. The number of likely N-dealkylation sites (tertiary alicyclic amines) is 1. The Balaban J connectivity index is 1.52. The third-order valence-electron chi connectivity index (χ3n) is 5.55. The van der Waals surface area contributed by atoms with E-state index in [4.69, 9.17) is 10.5 Å². The first-order chi connectivity index (χ1) is 16.0. The number of imidazole rings is 1. The van der Waals surface area contributed by atoms with Gasteiger partial charge >= 0.3 is 0 Å². The Bertz CT molecular complexity index is 1220. The molecule has 3 N–H and O–H groups in total. The van der Waals surface area contributed by atoms with Gasteiger partial charge in [-0.2, -0.15) is 0 Å². The number of hydrogen-bond acceptors (Lipinski definition) is 6. The van der Waals surface area contributed by atoms with Crippen LogP contribution in [0.3, 0.4) is 0 Å². The standard InChI is InChI=1S/C25H25N5O3/c1-3-13-27-25(22(26)18-12-14-30(15-18)16(2)31)33-19-10-8-17(9-11-19)23(32)24-28-20-6-4-5-7-21(20)29-24/h3-11,13,18H,1,12,14-15,26H2,2H3,(H,28,29)/b25-22+,27-13-/t18-/m0/s1. The van der Waals surface area contributed by atoms with Crippen LogP contribution in [0.5, 0.6) is 5.75 Å². The van der Waals surface area contributed by atoms with Crippen LogP contribution in [-0.2, 0) is 4.79 Å². The molecule has 0 unspecified atom stereocenters. The van der Waals surface area contributed by atoms with Crippen LogP contribution in [0.15, 0.2) is 77.8 Å². The summed E-state index contributed by atoms with van der Waals surface area (Å²) in [5.74, 6) is 0.778. The lowest BCUT2D eigenvalue weighted by Crippen LogP contribution is -2.27. The monoisotopic (exact) mass is 443 g/mol. The molecule has 1 fully saturated rings. The molecular weight excluding hydrogens is 418 g/mol. The number of ether oxygens (including phenoxy) is 1. The fraction of sp³-hybridized carbons (Fsp3) is 0.200. The molecule has 0 aliphatic carbocycles. The highest BCUT2D eigenvalue weighted by molar-refractivity contribution is 6.08. The molecule has 168 valence electrons. The van der Waals surface area contributed by atoms with Crippen LogP contribution in [0, 0.1) is 5.92 Å². The predicted octanol–water partition coefficient (Wildman–Crippen LogP) is 3.43.